The molecule has 2 aliphatic rings. The largest absolute Gasteiger partial charge is 0.347 e. The zero-order chi connectivity index (χ0) is 14.9. The van der Waals surface area contributed by atoms with Gasteiger partial charge in [0.05, 0.1) is 5.25 Å². The van der Waals surface area contributed by atoms with E-state index in [1.54, 1.807) is 6.92 Å². The Labute approximate surface area is 130 Å². The third kappa shape index (κ3) is 3.23. The van der Waals surface area contributed by atoms with E-state index in [9.17, 15) is 8.42 Å². The summed E-state index contributed by atoms with van der Waals surface area (Å²) in [5, 5.41) is 0.810. The van der Waals surface area contributed by atoms with Crippen LogP contribution in [0.15, 0.2) is 0 Å². The van der Waals surface area contributed by atoms with Gasteiger partial charge in [-0.25, -0.2) is 13.4 Å². The molecule has 1 aromatic rings. The van der Waals surface area contributed by atoms with Gasteiger partial charge in [0.2, 0.25) is 5.13 Å². The number of anilines is 1. The molecule has 0 spiro atoms. The van der Waals surface area contributed by atoms with E-state index >= 15 is 0 Å². The van der Waals surface area contributed by atoms with Crippen LogP contribution in [0.3, 0.4) is 0 Å². The summed E-state index contributed by atoms with van der Waals surface area (Å²) in [7, 11) is -2.89. The van der Waals surface area contributed by atoms with E-state index in [0.29, 0.717) is 18.8 Å². The highest BCUT2D eigenvalue weighted by Gasteiger charge is 2.30. The molecule has 118 valence electrons. The van der Waals surface area contributed by atoms with Crippen LogP contribution in [0.1, 0.15) is 57.2 Å². The summed E-state index contributed by atoms with van der Waals surface area (Å²) in [6, 6.07) is 0. The Hall–Kier alpha value is -0.690. The van der Waals surface area contributed by atoms with E-state index in [1.807, 2.05) is 0 Å². The molecule has 0 unspecified atom stereocenters. The lowest BCUT2D eigenvalue weighted by Crippen LogP contribution is -2.39. The zero-order valence-corrected chi connectivity index (χ0v) is 14.1. The maximum absolute atomic E-state index is 11.9. The van der Waals surface area contributed by atoms with Gasteiger partial charge in [-0.05, 0) is 25.7 Å². The van der Waals surface area contributed by atoms with Crippen molar-refractivity contribution in [2.45, 2.75) is 56.6 Å². The van der Waals surface area contributed by atoms with Crippen molar-refractivity contribution in [3.63, 3.8) is 0 Å². The fourth-order valence-electron chi connectivity index (χ4n) is 3.35. The molecule has 5 nitrogen and oxygen atoms in total. The van der Waals surface area contributed by atoms with Crippen molar-refractivity contribution in [2.75, 3.05) is 23.7 Å². The third-order valence-electron chi connectivity index (χ3n) is 4.77. The third-order valence-corrected chi connectivity index (χ3v) is 7.86. The van der Waals surface area contributed by atoms with Crippen LogP contribution >= 0.6 is 11.5 Å². The molecule has 2 fully saturated rings. The number of aromatic nitrogens is 2. The molecule has 0 N–H and O–H groups in total. The molecular weight excluding hydrogens is 306 g/mol. The summed E-state index contributed by atoms with van der Waals surface area (Å²) in [5.74, 6) is 1.81. The van der Waals surface area contributed by atoms with Gasteiger partial charge in [0.15, 0.2) is 9.84 Å². The van der Waals surface area contributed by atoms with Gasteiger partial charge >= 0.3 is 0 Å². The second-order valence-electron chi connectivity index (χ2n) is 6.05. The van der Waals surface area contributed by atoms with Crippen molar-refractivity contribution in [3.05, 3.63) is 5.82 Å². The molecule has 3 rings (SSSR count). The summed E-state index contributed by atoms with van der Waals surface area (Å²) >= 11 is 1.47. The first-order valence-corrected chi connectivity index (χ1v) is 10.4. The number of hydrogen-bond donors (Lipinski definition) is 0. The van der Waals surface area contributed by atoms with Crippen LogP contribution in [0.5, 0.6) is 0 Å². The quantitative estimate of drug-likeness (QED) is 0.849. The number of nitrogens with zero attached hydrogens (tertiary/aromatic N) is 3. The van der Waals surface area contributed by atoms with Crippen molar-refractivity contribution in [1.82, 2.24) is 9.36 Å². The van der Waals surface area contributed by atoms with Crippen LogP contribution in [0, 0.1) is 0 Å². The summed E-state index contributed by atoms with van der Waals surface area (Å²) in [4.78, 5) is 6.91. The Morgan fingerprint density at radius 2 is 1.86 bits per heavy atom. The van der Waals surface area contributed by atoms with E-state index in [4.69, 9.17) is 4.98 Å². The number of piperidine rings is 1. The van der Waals surface area contributed by atoms with Gasteiger partial charge < -0.3 is 4.90 Å². The normalized spacial score (nSPS) is 22.0. The molecule has 1 aliphatic carbocycles. The van der Waals surface area contributed by atoms with Crippen LogP contribution in [0.4, 0.5) is 5.13 Å². The molecule has 2 heterocycles. The van der Waals surface area contributed by atoms with Gasteiger partial charge in [0, 0.05) is 36.3 Å². The maximum atomic E-state index is 11.9. The average Bonchev–Trinajstić information content (AvgIpc) is 3.18. The van der Waals surface area contributed by atoms with Crippen molar-refractivity contribution in [1.29, 1.82) is 0 Å². The molecule has 0 radical (unpaired) electrons. The Bertz CT molecular complexity index is 571. The highest BCUT2D eigenvalue weighted by molar-refractivity contribution is 7.92. The predicted octanol–water partition coefficient (Wildman–Crippen LogP) is 2.60. The topological polar surface area (TPSA) is 63.2 Å². The monoisotopic (exact) mass is 329 g/mol. The smallest absolute Gasteiger partial charge is 0.205 e. The van der Waals surface area contributed by atoms with Crippen LogP contribution in [-0.2, 0) is 9.84 Å². The fraction of sp³-hybridized carbons (Fsp3) is 0.857. The van der Waals surface area contributed by atoms with Crippen molar-refractivity contribution in [3.8, 4) is 0 Å². The molecule has 0 atom stereocenters. The fourth-order valence-corrected chi connectivity index (χ4v) is 5.54. The molecule has 21 heavy (non-hydrogen) atoms. The Morgan fingerprint density at radius 3 is 2.48 bits per heavy atom. The van der Waals surface area contributed by atoms with Crippen molar-refractivity contribution >= 4 is 26.5 Å². The molecule has 1 aromatic heterocycles. The Kier molecular flexibility index (Phi) is 4.49. The summed E-state index contributed by atoms with van der Waals surface area (Å²) < 4.78 is 28.4. The summed E-state index contributed by atoms with van der Waals surface area (Å²) in [6.07, 6.45) is 6.45. The minimum atomic E-state index is -2.89. The Morgan fingerprint density at radius 1 is 1.19 bits per heavy atom. The lowest BCUT2D eigenvalue weighted by Gasteiger charge is -2.30. The second kappa shape index (κ2) is 6.20. The van der Waals surface area contributed by atoms with Gasteiger partial charge in [0.25, 0.3) is 0 Å². The molecule has 0 amide bonds. The number of rotatable bonds is 4. The Balaban J connectivity index is 1.62. The van der Waals surface area contributed by atoms with Gasteiger partial charge in [0.1, 0.15) is 5.82 Å². The van der Waals surface area contributed by atoms with E-state index in [-0.39, 0.29) is 11.0 Å². The van der Waals surface area contributed by atoms with E-state index < -0.39 is 9.84 Å². The first-order chi connectivity index (χ1) is 10.1. The van der Waals surface area contributed by atoms with Gasteiger partial charge in [-0.1, -0.05) is 19.8 Å². The lowest BCUT2D eigenvalue weighted by atomic mass is 10.1. The van der Waals surface area contributed by atoms with Crippen LogP contribution in [0.2, 0.25) is 0 Å². The molecular formula is C14H23N3O2S2. The van der Waals surface area contributed by atoms with E-state index in [1.165, 1.54) is 37.2 Å². The molecule has 1 saturated carbocycles. The first kappa shape index (κ1) is 15.2. The highest BCUT2D eigenvalue weighted by Crippen LogP contribution is 2.35. The number of sulfone groups is 1. The predicted molar refractivity (Wildman–Crippen MR) is 85.8 cm³/mol. The maximum Gasteiger partial charge on any atom is 0.205 e. The zero-order valence-electron chi connectivity index (χ0n) is 12.5. The van der Waals surface area contributed by atoms with Crippen molar-refractivity contribution in [2.24, 2.45) is 0 Å². The second-order valence-corrected chi connectivity index (χ2v) is 9.35. The van der Waals surface area contributed by atoms with Gasteiger partial charge in [-0.3, -0.25) is 0 Å². The van der Waals surface area contributed by atoms with E-state index in [2.05, 4.69) is 9.27 Å². The minimum absolute atomic E-state index is 0.166. The summed E-state index contributed by atoms with van der Waals surface area (Å²) in [5.41, 5.74) is 0. The van der Waals surface area contributed by atoms with Crippen LogP contribution < -0.4 is 4.90 Å². The molecule has 1 saturated heterocycles. The van der Waals surface area contributed by atoms with Crippen molar-refractivity contribution < 1.29 is 8.42 Å². The molecule has 1 aliphatic heterocycles. The first-order valence-electron chi connectivity index (χ1n) is 7.90. The van der Waals surface area contributed by atoms with Crippen LogP contribution in [0.25, 0.3) is 0 Å². The van der Waals surface area contributed by atoms with E-state index in [0.717, 1.165) is 24.0 Å². The average molecular weight is 329 g/mol. The van der Waals surface area contributed by atoms with Gasteiger partial charge in [-0.15, -0.1) is 0 Å². The minimum Gasteiger partial charge on any atom is -0.347 e. The molecule has 7 heteroatoms. The van der Waals surface area contributed by atoms with Crippen LogP contribution in [-0.4, -0.2) is 41.9 Å². The highest BCUT2D eigenvalue weighted by atomic mass is 32.2. The molecule has 0 bridgehead atoms. The standard InChI is InChI=1S/C14H23N3O2S2/c1-2-21(18,19)12-7-9-17(10-8-12)14-15-13(16-20-14)11-5-3-4-6-11/h11-12H,2-10H2,1H3. The SMILES string of the molecule is CCS(=O)(=O)C1CCN(c2nc(C3CCCC3)ns2)CC1. The number of hydrogen-bond acceptors (Lipinski definition) is 6. The summed E-state index contributed by atoms with van der Waals surface area (Å²) in [6.45, 7) is 3.30. The molecule has 0 aromatic carbocycles. The lowest BCUT2D eigenvalue weighted by molar-refractivity contribution is 0.530. The van der Waals surface area contributed by atoms with Gasteiger partial charge in [-0.2, -0.15) is 4.37 Å².